The van der Waals surface area contributed by atoms with Gasteiger partial charge in [0.2, 0.25) is 5.43 Å². The first kappa shape index (κ1) is 18.2. The highest BCUT2D eigenvalue weighted by atomic mass is 16.4. The predicted octanol–water partition coefficient (Wildman–Crippen LogP) is 2.37. The number of hydrogen-bond donors (Lipinski definition) is 2. The van der Waals surface area contributed by atoms with Crippen LogP contribution < -0.4 is 5.43 Å². The van der Waals surface area contributed by atoms with Gasteiger partial charge in [0.25, 0.3) is 0 Å². The lowest BCUT2D eigenvalue weighted by molar-refractivity contribution is 0.0693. The molecule has 0 radical (unpaired) electrons. The van der Waals surface area contributed by atoms with Crippen LogP contribution in [0.3, 0.4) is 0 Å². The minimum absolute atomic E-state index is 0.234. The van der Waals surface area contributed by atoms with Gasteiger partial charge in [-0.05, 0) is 30.4 Å². The van der Waals surface area contributed by atoms with Crippen LogP contribution in [0.25, 0.3) is 11.1 Å². The highest BCUT2D eigenvalue weighted by Crippen LogP contribution is 2.28. The molecule has 0 aliphatic heterocycles. The van der Waals surface area contributed by atoms with Crippen LogP contribution in [-0.2, 0) is 20.0 Å². The maximum atomic E-state index is 12.5. The van der Waals surface area contributed by atoms with Gasteiger partial charge in [0, 0.05) is 42.8 Å². The van der Waals surface area contributed by atoms with Crippen molar-refractivity contribution in [1.29, 1.82) is 0 Å². The summed E-state index contributed by atoms with van der Waals surface area (Å²) in [6, 6.07) is 7.95. The molecule has 0 saturated heterocycles. The number of benzene rings is 1. The number of nitrogens with zero attached hydrogens (tertiary/aromatic N) is 3. The molecular weight excluding hydrogens is 358 g/mol. The Kier molecular flexibility index (Phi) is 4.60. The zero-order valence-electron chi connectivity index (χ0n) is 15.5. The molecule has 4 rings (SSSR count). The molecule has 0 saturated carbocycles. The summed E-state index contributed by atoms with van der Waals surface area (Å²) < 4.78 is 3.54. The molecule has 1 aliphatic carbocycles. The van der Waals surface area contributed by atoms with Gasteiger partial charge >= 0.3 is 5.97 Å². The molecule has 1 aliphatic rings. The Morgan fingerprint density at radius 2 is 1.96 bits per heavy atom. The Bertz CT molecular complexity index is 1100. The number of fused-ring (bicyclic) bond motifs is 1. The lowest BCUT2D eigenvalue weighted by Crippen LogP contribution is -2.30. The average Bonchev–Trinajstić information content (AvgIpc) is 3.10. The van der Waals surface area contributed by atoms with E-state index >= 15 is 0 Å². The van der Waals surface area contributed by atoms with E-state index < -0.39 is 17.5 Å². The maximum absolute atomic E-state index is 12.5. The number of aliphatic hydroxyl groups is 1. The van der Waals surface area contributed by atoms with Crippen LogP contribution in [0, 0.1) is 0 Å². The van der Waals surface area contributed by atoms with Gasteiger partial charge in [0.15, 0.2) is 0 Å². The van der Waals surface area contributed by atoms with Crippen molar-refractivity contribution in [3.8, 4) is 11.1 Å². The molecule has 0 fully saturated rings. The molecule has 0 spiro atoms. The van der Waals surface area contributed by atoms with Gasteiger partial charge in [-0.1, -0.05) is 24.3 Å². The van der Waals surface area contributed by atoms with Gasteiger partial charge in [-0.3, -0.25) is 9.48 Å². The second kappa shape index (κ2) is 7.09. The number of aromatic carboxylic acids is 1. The van der Waals surface area contributed by atoms with Crippen molar-refractivity contribution in [2.45, 2.75) is 31.9 Å². The Hall–Kier alpha value is -3.19. The molecule has 28 heavy (non-hydrogen) atoms. The first-order valence-electron chi connectivity index (χ1n) is 9.19. The van der Waals surface area contributed by atoms with Gasteiger partial charge < -0.3 is 14.8 Å². The van der Waals surface area contributed by atoms with E-state index in [1.165, 1.54) is 6.20 Å². The Morgan fingerprint density at radius 3 is 2.61 bits per heavy atom. The van der Waals surface area contributed by atoms with Crippen molar-refractivity contribution < 1.29 is 15.0 Å². The van der Waals surface area contributed by atoms with E-state index in [1.54, 1.807) is 15.4 Å². The van der Waals surface area contributed by atoms with Crippen LogP contribution >= 0.6 is 0 Å². The minimum atomic E-state index is -1.27. The molecule has 0 amide bonds. The summed E-state index contributed by atoms with van der Waals surface area (Å²) in [5, 5.41) is 23.9. The average molecular weight is 379 g/mol. The molecule has 1 atom stereocenters. The number of aromatic nitrogens is 3. The number of carboxylic acids is 1. The summed E-state index contributed by atoms with van der Waals surface area (Å²) >= 11 is 0. The standard InChI is InChI=1S/C21H21N3O4/c1-23-11-15(9-22-23)14-7-5-13(6-8-14)10-24-12-16(21(27)28)20(26)19-17(24)3-2-4-18(19)25/h5-9,11-12,18,25H,2-4,10H2,1H3,(H,27,28). The fourth-order valence-corrected chi connectivity index (χ4v) is 3.82. The van der Waals surface area contributed by atoms with Crippen LogP contribution in [0.2, 0.25) is 0 Å². The highest BCUT2D eigenvalue weighted by Gasteiger charge is 2.27. The molecule has 7 nitrogen and oxygen atoms in total. The largest absolute Gasteiger partial charge is 0.477 e. The van der Waals surface area contributed by atoms with Crippen LogP contribution in [-0.4, -0.2) is 30.5 Å². The van der Waals surface area contributed by atoms with Gasteiger partial charge in [0.05, 0.1) is 12.3 Å². The number of hydrogen-bond acceptors (Lipinski definition) is 4. The normalized spacial score (nSPS) is 16.0. The van der Waals surface area contributed by atoms with Gasteiger partial charge in [0.1, 0.15) is 5.56 Å². The van der Waals surface area contributed by atoms with Crippen LogP contribution in [0.5, 0.6) is 0 Å². The molecule has 1 aromatic carbocycles. The summed E-state index contributed by atoms with van der Waals surface area (Å²) in [4.78, 5) is 24.0. The first-order chi connectivity index (χ1) is 13.4. The highest BCUT2D eigenvalue weighted by molar-refractivity contribution is 5.87. The predicted molar refractivity (Wildman–Crippen MR) is 103 cm³/mol. The van der Waals surface area contributed by atoms with Crippen molar-refractivity contribution in [3.05, 3.63) is 75.5 Å². The molecule has 3 aromatic rings. The Morgan fingerprint density at radius 1 is 1.21 bits per heavy atom. The lowest BCUT2D eigenvalue weighted by atomic mass is 9.91. The first-order valence-corrected chi connectivity index (χ1v) is 9.19. The molecule has 144 valence electrons. The van der Waals surface area contributed by atoms with Crippen LogP contribution in [0.15, 0.2) is 47.7 Å². The van der Waals surface area contributed by atoms with Crippen LogP contribution in [0.4, 0.5) is 0 Å². The van der Waals surface area contributed by atoms with Crippen LogP contribution in [0.1, 0.15) is 46.1 Å². The lowest BCUT2D eigenvalue weighted by Gasteiger charge is -2.25. The van der Waals surface area contributed by atoms with E-state index in [2.05, 4.69) is 5.10 Å². The molecule has 2 heterocycles. The fourth-order valence-electron chi connectivity index (χ4n) is 3.82. The molecule has 2 aromatic heterocycles. The summed E-state index contributed by atoms with van der Waals surface area (Å²) in [6.07, 6.45) is 6.12. The molecule has 0 bridgehead atoms. The number of carboxylic acid groups (broad SMARTS) is 1. The van der Waals surface area contributed by atoms with Crippen molar-refractivity contribution in [2.75, 3.05) is 0 Å². The van der Waals surface area contributed by atoms with E-state index in [0.29, 0.717) is 19.4 Å². The number of aryl methyl sites for hydroxylation is 1. The smallest absolute Gasteiger partial charge is 0.341 e. The third-order valence-corrected chi connectivity index (χ3v) is 5.23. The van der Waals surface area contributed by atoms with E-state index in [0.717, 1.165) is 28.8 Å². The summed E-state index contributed by atoms with van der Waals surface area (Å²) in [5.74, 6) is -1.27. The topological polar surface area (TPSA) is 97.3 Å². The van der Waals surface area contributed by atoms with Gasteiger partial charge in [-0.2, -0.15) is 5.10 Å². The zero-order chi connectivity index (χ0) is 19.8. The van der Waals surface area contributed by atoms with E-state index in [-0.39, 0.29) is 11.1 Å². The van der Waals surface area contributed by atoms with Crippen molar-refractivity contribution in [1.82, 2.24) is 14.3 Å². The monoisotopic (exact) mass is 379 g/mol. The summed E-state index contributed by atoms with van der Waals surface area (Å²) in [5.41, 5.74) is 3.13. The van der Waals surface area contributed by atoms with E-state index in [1.807, 2.05) is 37.5 Å². The number of pyridine rings is 1. The summed E-state index contributed by atoms with van der Waals surface area (Å²) in [6.45, 7) is 0.433. The Labute approximate surface area is 161 Å². The fraction of sp³-hybridized carbons (Fsp3) is 0.286. The maximum Gasteiger partial charge on any atom is 0.341 e. The SMILES string of the molecule is Cn1cc(-c2ccc(Cn3cc(C(=O)O)c(=O)c4c3CCCC4O)cc2)cn1. The third-order valence-electron chi connectivity index (χ3n) is 5.23. The number of carbonyl (C=O) groups is 1. The van der Waals surface area contributed by atoms with Crippen molar-refractivity contribution >= 4 is 5.97 Å². The zero-order valence-corrected chi connectivity index (χ0v) is 15.5. The minimum Gasteiger partial charge on any atom is -0.477 e. The molecular formula is C21H21N3O4. The molecule has 2 N–H and O–H groups in total. The van der Waals surface area contributed by atoms with Gasteiger partial charge in [-0.15, -0.1) is 0 Å². The molecule has 1 unspecified atom stereocenters. The van der Waals surface area contributed by atoms with E-state index in [9.17, 15) is 19.8 Å². The summed E-state index contributed by atoms with van der Waals surface area (Å²) in [7, 11) is 1.87. The third kappa shape index (κ3) is 3.25. The van der Waals surface area contributed by atoms with Crippen molar-refractivity contribution in [3.63, 3.8) is 0 Å². The second-order valence-electron chi connectivity index (χ2n) is 7.17. The number of aliphatic hydroxyl groups excluding tert-OH is 1. The van der Waals surface area contributed by atoms with Crippen molar-refractivity contribution in [2.24, 2.45) is 7.05 Å². The van der Waals surface area contributed by atoms with E-state index in [4.69, 9.17) is 0 Å². The number of rotatable bonds is 4. The van der Waals surface area contributed by atoms with Gasteiger partial charge in [-0.25, -0.2) is 4.79 Å². The second-order valence-corrected chi connectivity index (χ2v) is 7.17. The Balaban J connectivity index is 1.71. The molecule has 7 heteroatoms. The quantitative estimate of drug-likeness (QED) is 0.725.